The van der Waals surface area contributed by atoms with Gasteiger partial charge in [0.1, 0.15) is 11.4 Å². The molecule has 1 aromatic heterocycles. The summed E-state index contributed by atoms with van der Waals surface area (Å²) in [6.45, 7) is 0. The van der Waals surface area contributed by atoms with Crippen LogP contribution in [0.25, 0.3) is 22.9 Å². The lowest BCUT2D eigenvalue weighted by Gasteiger charge is -2.09. The van der Waals surface area contributed by atoms with Crippen LogP contribution in [0.3, 0.4) is 0 Å². The molecule has 0 fully saturated rings. The van der Waals surface area contributed by atoms with Gasteiger partial charge >= 0.3 is 5.69 Å². The Labute approximate surface area is 168 Å². The topological polar surface area (TPSA) is 87.5 Å². The number of nitrogens with one attached hydrogen (secondary N) is 1. The molecule has 1 aliphatic rings. The van der Waals surface area contributed by atoms with E-state index in [1.54, 1.807) is 6.07 Å². The van der Waals surface area contributed by atoms with Gasteiger partial charge in [0.2, 0.25) is 5.88 Å². The van der Waals surface area contributed by atoms with Gasteiger partial charge < -0.3 is 5.11 Å². The molecule has 0 atom stereocenters. The third-order valence-corrected chi connectivity index (χ3v) is 4.97. The highest BCUT2D eigenvalue weighted by Gasteiger charge is 2.15. The number of aromatic nitrogens is 2. The minimum atomic E-state index is -0.817. The molecule has 30 heavy (non-hydrogen) atoms. The fraction of sp³-hybridized carbons (Fsp3) is 0. The zero-order valence-corrected chi connectivity index (χ0v) is 15.5. The fourth-order valence-corrected chi connectivity index (χ4v) is 3.55. The van der Waals surface area contributed by atoms with E-state index >= 15 is 0 Å². The van der Waals surface area contributed by atoms with Gasteiger partial charge in [-0.1, -0.05) is 24.3 Å². The van der Waals surface area contributed by atoms with Crippen molar-refractivity contribution in [3.8, 4) is 22.7 Å². The Kier molecular flexibility index (Phi) is 3.96. The third kappa shape index (κ3) is 2.84. The summed E-state index contributed by atoms with van der Waals surface area (Å²) in [6.07, 6.45) is 1.49. The van der Waals surface area contributed by atoms with Gasteiger partial charge in [-0.3, -0.25) is 9.78 Å². The van der Waals surface area contributed by atoms with Crippen molar-refractivity contribution in [1.29, 1.82) is 0 Å². The Morgan fingerprint density at radius 1 is 0.967 bits per heavy atom. The largest absolute Gasteiger partial charge is 0.494 e. The zero-order chi connectivity index (χ0) is 20.8. The summed E-state index contributed by atoms with van der Waals surface area (Å²) in [5, 5.41) is 12.2. The van der Waals surface area contributed by atoms with Crippen molar-refractivity contribution in [2.24, 2.45) is 4.99 Å². The Bertz CT molecular complexity index is 1550. The number of hydrogen-bond acceptors (Lipinski definition) is 4. The van der Waals surface area contributed by atoms with Crippen LogP contribution in [0, 0.1) is 5.82 Å². The molecule has 0 bridgehead atoms. The molecule has 0 saturated carbocycles. The van der Waals surface area contributed by atoms with Crippen LogP contribution in [0.15, 0.2) is 81.3 Å². The van der Waals surface area contributed by atoms with Crippen LogP contribution < -0.4 is 21.8 Å². The number of aromatic amines is 1. The molecule has 146 valence electrons. The number of halogens is 1. The lowest BCUT2D eigenvalue weighted by Crippen LogP contribution is -2.30. The van der Waals surface area contributed by atoms with E-state index in [9.17, 15) is 19.1 Å². The summed E-state index contributed by atoms with van der Waals surface area (Å²) in [4.78, 5) is 31.4. The molecular formula is C23H14FN3O3. The van der Waals surface area contributed by atoms with Crippen molar-refractivity contribution in [3.63, 3.8) is 0 Å². The fourth-order valence-electron chi connectivity index (χ4n) is 3.55. The van der Waals surface area contributed by atoms with Crippen LogP contribution in [0.1, 0.15) is 5.56 Å². The number of nitrogens with zero attached hydrogens (tertiary/aromatic N) is 2. The van der Waals surface area contributed by atoms with Crippen molar-refractivity contribution < 1.29 is 9.50 Å². The molecule has 0 saturated heterocycles. The van der Waals surface area contributed by atoms with Crippen molar-refractivity contribution in [1.82, 2.24) is 9.55 Å². The van der Waals surface area contributed by atoms with E-state index in [0.29, 0.717) is 5.22 Å². The molecule has 0 unspecified atom stereocenters. The predicted octanol–water partition coefficient (Wildman–Crippen LogP) is 2.13. The Morgan fingerprint density at radius 2 is 1.73 bits per heavy atom. The number of benzene rings is 3. The minimum Gasteiger partial charge on any atom is -0.494 e. The monoisotopic (exact) mass is 399 g/mol. The molecule has 4 aromatic rings. The second-order valence-electron chi connectivity index (χ2n) is 6.86. The summed E-state index contributed by atoms with van der Waals surface area (Å²) in [7, 11) is 0. The lowest BCUT2D eigenvalue weighted by atomic mass is 10.0. The molecule has 1 aliphatic heterocycles. The molecule has 2 heterocycles. The Hall–Kier alpha value is -4.26. The number of fused-ring (bicyclic) bond motifs is 3. The van der Waals surface area contributed by atoms with Gasteiger partial charge in [0.05, 0.1) is 16.7 Å². The van der Waals surface area contributed by atoms with E-state index in [4.69, 9.17) is 0 Å². The highest BCUT2D eigenvalue weighted by molar-refractivity contribution is 5.79. The molecule has 7 heteroatoms. The first-order chi connectivity index (χ1) is 14.5. The molecule has 0 radical (unpaired) electrons. The summed E-state index contributed by atoms with van der Waals surface area (Å²) in [5.41, 5.74) is 1.38. The number of H-pyrrole nitrogens is 1. The van der Waals surface area contributed by atoms with Gasteiger partial charge in [0.25, 0.3) is 5.56 Å². The second kappa shape index (κ2) is 6.66. The average Bonchev–Trinajstić information content (AvgIpc) is 3.10. The van der Waals surface area contributed by atoms with E-state index in [1.807, 2.05) is 36.4 Å². The highest BCUT2D eigenvalue weighted by atomic mass is 19.1. The average molecular weight is 399 g/mol. The first kappa shape index (κ1) is 17.8. The number of hydrogen-bond donors (Lipinski definition) is 2. The minimum absolute atomic E-state index is 0.0814. The summed E-state index contributed by atoms with van der Waals surface area (Å²) < 4.78 is 14.1. The molecular weight excluding hydrogens is 385 g/mol. The predicted molar refractivity (Wildman–Crippen MR) is 110 cm³/mol. The van der Waals surface area contributed by atoms with E-state index < -0.39 is 22.9 Å². The molecule has 0 aliphatic carbocycles. The summed E-state index contributed by atoms with van der Waals surface area (Å²) >= 11 is 0. The summed E-state index contributed by atoms with van der Waals surface area (Å²) in [6, 6.07) is 18.2. The molecule has 6 nitrogen and oxygen atoms in total. The molecule has 2 N–H and O–H groups in total. The van der Waals surface area contributed by atoms with Crippen LogP contribution in [0.2, 0.25) is 0 Å². The van der Waals surface area contributed by atoms with Gasteiger partial charge in [0.15, 0.2) is 0 Å². The Morgan fingerprint density at radius 3 is 2.53 bits per heavy atom. The van der Waals surface area contributed by atoms with Crippen LogP contribution in [-0.2, 0) is 0 Å². The van der Waals surface area contributed by atoms with Crippen molar-refractivity contribution in [2.45, 2.75) is 0 Å². The molecule has 0 spiro atoms. The number of aromatic hydroxyl groups is 1. The van der Waals surface area contributed by atoms with Crippen LogP contribution >= 0.6 is 0 Å². The lowest BCUT2D eigenvalue weighted by molar-refractivity contribution is 0.429. The van der Waals surface area contributed by atoms with E-state index in [-0.39, 0.29) is 11.3 Å². The smallest absolute Gasteiger partial charge is 0.335 e. The SMILES string of the molecule is O=c1[nH]c(=O)n(-c2ccc(F)cc2)c(O)c1C=c1ccc2c(c1)-c1ccccc1N=2. The Balaban J connectivity index is 1.70. The highest BCUT2D eigenvalue weighted by Crippen LogP contribution is 2.31. The van der Waals surface area contributed by atoms with Gasteiger partial charge in [0, 0.05) is 11.1 Å². The van der Waals surface area contributed by atoms with E-state index in [0.717, 1.165) is 38.9 Å². The maximum absolute atomic E-state index is 13.2. The van der Waals surface area contributed by atoms with Crippen molar-refractivity contribution in [2.75, 3.05) is 0 Å². The van der Waals surface area contributed by atoms with Gasteiger partial charge in [-0.25, -0.2) is 18.7 Å². The maximum atomic E-state index is 13.2. The zero-order valence-electron chi connectivity index (χ0n) is 15.5. The van der Waals surface area contributed by atoms with Gasteiger partial charge in [-0.2, -0.15) is 0 Å². The molecule has 3 aromatic carbocycles. The number of rotatable bonds is 2. The van der Waals surface area contributed by atoms with Crippen molar-refractivity contribution >= 4 is 11.8 Å². The standard InChI is InChI=1S/C23H14FN3O3/c24-14-6-8-15(9-7-14)27-22(29)18(21(28)26-23(27)30)12-13-5-10-20-17(11-13)16-3-1-2-4-19(16)25-20/h1-12,29H,(H,26,28,30). The van der Waals surface area contributed by atoms with Gasteiger partial charge in [-0.05, 0) is 53.8 Å². The van der Waals surface area contributed by atoms with Crippen LogP contribution in [0.5, 0.6) is 5.88 Å². The second-order valence-corrected chi connectivity index (χ2v) is 6.86. The maximum Gasteiger partial charge on any atom is 0.335 e. The first-order valence-corrected chi connectivity index (χ1v) is 9.15. The number of para-hydroxylation sites is 1. The quantitative estimate of drug-likeness (QED) is 0.477. The first-order valence-electron chi connectivity index (χ1n) is 9.15. The molecule has 5 rings (SSSR count). The van der Waals surface area contributed by atoms with Gasteiger partial charge in [-0.15, -0.1) is 0 Å². The summed E-state index contributed by atoms with van der Waals surface area (Å²) in [5.74, 6) is -1.01. The van der Waals surface area contributed by atoms with Crippen molar-refractivity contribution in [3.05, 3.63) is 110 Å². The third-order valence-electron chi connectivity index (χ3n) is 4.97. The van der Waals surface area contributed by atoms with Crippen LogP contribution in [0.4, 0.5) is 10.1 Å². The van der Waals surface area contributed by atoms with Crippen LogP contribution in [-0.4, -0.2) is 14.7 Å². The molecule has 0 amide bonds. The normalized spacial score (nSPS) is 12.4. The van der Waals surface area contributed by atoms with E-state index in [2.05, 4.69) is 9.98 Å². The van der Waals surface area contributed by atoms with E-state index in [1.165, 1.54) is 18.2 Å².